The number of amides is 2. The van der Waals surface area contributed by atoms with Crippen LogP contribution >= 0.6 is 0 Å². The van der Waals surface area contributed by atoms with Gasteiger partial charge in [0.15, 0.2) is 0 Å². The predicted molar refractivity (Wildman–Crippen MR) is 86.7 cm³/mol. The predicted octanol–water partition coefficient (Wildman–Crippen LogP) is 3.13. The Morgan fingerprint density at radius 3 is 2.65 bits per heavy atom. The maximum absolute atomic E-state index is 13.5. The van der Waals surface area contributed by atoms with Crippen molar-refractivity contribution >= 4 is 23.2 Å². The van der Waals surface area contributed by atoms with Crippen molar-refractivity contribution in [3.8, 4) is 0 Å². The molecule has 2 amide bonds. The van der Waals surface area contributed by atoms with Gasteiger partial charge in [-0.2, -0.15) is 0 Å². The van der Waals surface area contributed by atoms with Gasteiger partial charge in [0.25, 0.3) is 0 Å². The van der Waals surface area contributed by atoms with E-state index in [1.807, 2.05) is 31.2 Å². The summed E-state index contributed by atoms with van der Waals surface area (Å²) in [5.41, 5.74) is 2.03. The van der Waals surface area contributed by atoms with Crippen LogP contribution in [-0.4, -0.2) is 17.9 Å². The van der Waals surface area contributed by atoms with E-state index < -0.39 is 11.7 Å². The molecule has 118 valence electrons. The molecule has 0 bridgehead atoms. The van der Waals surface area contributed by atoms with Gasteiger partial charge >= 0.3 is 0 Å². The summed E-state index contributed by atoms with van der Waals surface area (Å²) in [5, 5.41) is 2.44. The van der Waals surface area contributed by atoms with Crippen molar-refractivity contribution in [1.82, 2.24) is 0 Å². The van der Waals surface area contributed by atoms with Crippen molar-refractivity contribution in [2.24, 2.45) is 0 Å². The van der Waals surface area contributed by atoms with Crippen LogP contribution in [0.5, 0.6) is 0 Å². The zero-order valence-corrected chi connectivity index (χ0v) is 12.8. The fraction of sp³-hybridized carbons (Fsp3) is 0.222. The zero-order chi connectivity index (χ0) is 16.4. The summed E-state index contributed by atoms with van der Waals surface area (Å²) in [7, 11) is 0. The minimum Gasteiger partial charge on any atom is -0.323 e. The van der Waals surface area contributed by atoms with Gasteiger partial charge in [-0.3, -0.25) is 9.59 Å². The molecule has 5 heteroatoms. The van der Waals surface area contributed by atoms with E-state index in [0.29, 0.717) is 0 Å². The molecule has 0 radical (unpaired) electrons. The van der Waals surface area contributed by atoms with E-state index in [2.05, 4.69) is 5.32 Å². The standard InChI is InChI=1S/C18H17FN2O2/c1-12-10-13-6-2-5-9-16(13)21(12)18(23)11-17(22)20-15-8-4-3-7-14(15)19/h2-9,12H,10-11H2,1H3,(H,20,22). The Balaban J connectivity index is 1.70. The highest BCUT2D eigenvalue weighted by atomic mass is 19.1. The van der Waals surface area contributed by atoms with Crippen LogP contribution in [0, 0.1) is 5.82 Å². The molecular formula is C18H17FN2O2. The molecule has 3 rings (SSSR count). The molecule has 0 aliphatic carbocycles. The molecule has 0 fully saturated rings. The lowest BCUT2D eigenvalue weighted by Gasteiger charge is -2.22. The van der Waals surface area contributed by atoms with Gasteiger partial charge in [0.1, 0.15) is 12.2 Å². The van der Waals surface area contributed by atoms with Crippen molar-refractivity contribution in [2.75, 3.05) is 10.2 Å². The summed E-state index contributed by atoms with van der Waals surface area (Å²) in [6, 6.07) is 13.6. The third-order valence-corrected chi connectivity index (χ3v) is 3.94. The second kappa shape index (κ2) is 6.20. The molecular weight excluding hydrogens is 295 g/mol. The number of fused-ring (bicyclic) bond motifs is 1. The minimum absolute atomic E-state index is 0.0150. The third kappa shape index (κ3) is 3.08. The van der Waals surface area contributed by atoms with Crippen molar-refractivity contribution in [2.45, 2.75) is 25.8 Å². The normalized spacial score (nSPS) is 16.1. The van der Waals surface area contributed by atoms with E-state index in [0.717, 1.165) is 17.7 Å². The highest BCUT2D eigenvalue weighted by Gasteiger charge is 2.31. The van der Waals surface area contributed by atoms with Gasteiger partial charge in [0.05, 0.1) is 5.69 Å². The Labute approximate surface area is 133 Å². The molecule has 1 aliphatic rings. The van der Waals surface area contributed by atoms with Crippen LogP contribution in [0.4, 0.5) is 15.8 Å². The average Bonchev–Trinajstić information content (AvgIpc) is 2.85. The third-order valence-electron chi connectivity index (χ3n) is 3.94. The monoisotopic (exact) mass is 312 g/mol. The van der Waals surface area contributed by atoms with Gasteiger partial charge in [-0.1, -0.05) is 30.3 Å². The molecule has 1 atom stereocenters. The molecule has 0 spiro atoms. The van der Waals surface area contributed by atoms with E-state index in [4.69, 9.17) is 0 Å². The van der Waals surface area contributed by atoms with Crippen LogP contribution in [0.3, 0.4) is 0 Å². The van der Waals surface area contributed by atoms with Gasteiger partial charge in [-0.05, 0) is 37.1 Å². The fourth-order valence-electron chi connectivity index (χ4n) is 2.93. The maximum Gasteiger partial charge on any atom is 0.236 e. The van der Waals surface area contributed by atoms with Crippen molar-refractivity contribution < 1.29 is 14.0 Å². The smallest absolute Gasteiger partial charge is 0.236 e. The molecule has 0 saturated carbocycles. The van der Waals surface area contributed by atoms with E-state index >= 15 is 0 Å². The van der Waals surface area contributed by atoms with Gasteiger partial charge in [-0.25, -0.2) is 4.39 Å². The number of carbonyl (C=O) groups excluding carboxylic acids is 2. The number of hydrogen-bond acceptors (Lipinski definition) is 2. The van der Waals surface area contributed by atoms with Gasteiger partial charge in [0.2, 0.25) is 11.8 Å². The maximum atomic E-state index is 13.5. The van der Waals surface area contributed by atoms with Crippen LogP contribution in [0.25, 0.3) is 0 Å². The van der Waals surface area contributed by atoms with Gasteiger partial charge in [-0.15, -0.1) is 0 Å². The van der Waals surface area contributed by atoms with Gasteiger partial charge in [0, 0.05) is 11.7 Å². The average molecular weight is 312 g/mol. The largest absolute Gasteiger partial charge is 0.323 e. The quantitative estimate of drug-likeness (QED) is 0.885. The number of para-hydroxylation sites is 2. The molecule has 0 saturated heterocycles. The van der Waals surface area contributed by atoms with Crippen LogP contribution in [0.15, 0.2) is 48.5 Å². The second-order valence-corrected chi connectivity index (χ2v) is 5.65. The topological polar surface area (TPSA) is 49.4 Å². The molecule has 1 unspecified atom stereocenters. The van der Waals surface area contributed by atoms with Crippen LogP contribution in [0.2, 0.25) is 0 Å². The van der Waals surface area contributed by atoms with Crippen LogP contribution < -0.4 is 10.2 Å². The number of anilines is 2. The number of carbonyl (C=O) groups is 2. The Bertz CT molecular complexity index is 760. The lowest BCUT2D eigenvalue weighted by Crippen LogP contribution is -2.37. The lowest BCUT2D eigenvalue weighted by atomic mass is 10.1. The summed E-state index contributed by atoms with van der Waals surface area (Å²) in [4.78, 5) is 26.1. The molecule has 2 aromatic rings. The number of nitrogens with one attached hydrogen (secondary N) is 1. The first kappa shape index (κ1) is 15.2. The molecule has 1 N–H and O–H groups in total. The molecule has 1 heterocycles. The molecule has 23 heavy (non-hydrogen) atoms. The first-order valence-electron chi connectivity index (χ1n) is 7.50. The molecule has 0 aromatic heterocycles. The summed E-state index contributed by atoms with van der Waals surface area (Å²) in [5.74, 6) is -1.32. The van der Waals surface area contributed by atoms with Crippen molar-refractivity contribution in [1.29, 1.82) is 0 Å². The zero-order valence-electron chi connectivity index (χ0n) is 12.8. The first-order chi connectivity index (χ1) is 11.1. The fourth-order valence-corrected chi connectivity index (χ4v) is 2.93. The Morgan fingerprint density at radius 1 is 1.17 bits per heavy atom. The summed E-state index contributed by atoms with van der Waals surface area (Å²) >= 11 is 0. The van der Waals surface area contributed by atoms with Gasteiger partial charge < -0.3 is 10.2 Å². The van der Waals surface area contributed by atoms with Crippen molar-refractivity contribution in [3.05, 3.63) is 59.9 Å². The SMILES string of the molecule is CC1Cc2ccccc2N1C(=O)CC(=O)Nc1ccccc1F. The van der Waals surface area contributed by atoms with E-state index in [1.54, 1.807) is 17.0 Å². The van der Waals surface area contributed by atoms with E-state index in [-0.39, 0.29) is 24.1 Å². The lowest BCUT2D eigenvalue weighted by molar-refractivity contribution is -0.125. The summed E-state index contributed by atoms with van der Waals surface area (Å²) < 4.78 is 13.5. The number of hydrogen-bond donors (Lipinski definition) is 1. The second-order valence-electron chi connectivity index (χ2n) is 5.65. The number of nitrogens with zero attached hydrogens (tertiary/aromatic N) is 1. The number of rotatable bonds is 3. The van der Waals surface area contributed by atoms with Crippen LogP contribution in [-0.2, 0) is 16.0 Å². The first-order valence-corrected chi connectivity index (χ1v) is 7.50. The Kier molecular flexibility index (Phi) is 4.10. The highest BCUT2D eigenvalue weighted by Crippen LogP contribution is 2.32. The molecule has 4 nitrogen and oxygen atoms in total. The Hall–Kier alpha value is -2.69. The summed E-state index contributed by atoms with van der Waals surface area (Å²) in [6.07, 6.45) is 0.462. The van der Waals surface area contributed by atoms with E-state index in [1.165, 1.54) is 12.1 Å². The molecule has 2 aromatic carbocycles. The summed E-state index contributed by atoms with van der Waals surface area (Å²) in [6.45, 7) is 1.95. The number of benzene rings is 2. The van der Waals surface area contributed by atoms with Crippen LogP contribution in [0.1, 0.15) is 18.9 Å². The highest BCUT2D eigenvalue weighted by molar-refractivity contribution is 6.10. The van der Waals surface area contributed by atoms with E-state index in [9.17, 15) is 14.0 Å². The minimum atomic E-state index is -0.520. The Morgan fingerprint density at radius 2 is 1.87 bits per heavy atom. The molecule has 1 aliphatic heterocycles. The van der Waals surface area contributed by atoms with Crippen molar-refractivity contribution in [3.63, 3.8) is 0 Å². The number of halogens is 1.